The summed E-state index contributed by atoms with van der Waals surface area (Å²) < 4.78 is 7.83. The molecule has 31 heavy (non-hydrogen) atoms. The molecule has 0 radical (unpaired) electrons. The van der Waals surface area contributed by atoms with Crippen molar-refractivity contribution >= 4 is 0 Å². The molecule has 1 atom stereocenters. The van der Waals surface area contributed by atoms with Gasteiger partial charge in [0.2, 0.25) is 5.88 Å². The molecule has 0 spiro atoms. The van der Waals surface area contributed by atoms with Crippen LogP contribution in [0, 0.1) is 11.3 Å². The number of aliphatic hydroxyl groups is 1. The zero-order valence-electron chi connectivity index (χ0n) is 16.9. The Morgan fingerprint density at radius 2 is 1.90 bits per heavy atom. The van der Waals surface area contributed by atoms with Gasteiger partial charge in [-0.25, -0.2) is 4.68 Å². The zero-order chi connectivity index (χ0) is 21.8. The van der Waals surface area contributed by atoms with Crippen molar-refractivity contribution < 1.29 is 9.84 Å². The van der Waals surface area contributed by atoms with Gasteiger partial charge in [0, 0.05) is 42.5 Å². The maximum Gasteiger partial charge on any atom is 0.218 e. The summed E-state index contributed by atoms with van der Waals surface area (Å²) in [6.45, 7) is 0.122. The normalized spacial score (nSPS) is 11.7. The highest BCUT2D eigenvalue weighted by Gasteiger charge is 2.15. The van der Waals surface area contributed by atoms with Crippen molar-refractivity contribution in [2.45, 2.75) is 6.10 Å². The minimum absolute atomic E-state index is 0.122. The van der Waals surface area contributed by atoms with Crippen molar-refractivity contribution in [2.24, 2.45) is 12.8 Å². The quantitative estimate of drug-likeness (QED) is 0.499. The second-order valence-electron chi connectivity index (χ2n) is 7.01. The topological polar surface area (TPSA) is 110 Å². The molecule has 2 aromatic carbocycles. The van der Waals surface area contributed by atoms with E-state index >= 15 is 0 Å². The van der Waals surface area contributed by atoms with E-state index in [1.165, 1.54) is 0 Å². The number of hydrogen-bond donors (Lipinski definition) is 2. The van der Waals surface area contributed by atoms with Gasteiger partial charge in [0.05, 0.1) is 29.1 Å². The molecule has 7 nitrogen and oxygen atoms in total. The molecule has 3 N–H and O–H groups in total. The van der Waals surface area contributed by atoms with E-state index in [1.807, 2.05) is 36.4 Å². The first kappa shape index (κ1) is 20.3. The van der Waals surface area contributed by atoms with Gasteiger partial charge >= 0.3 is 0 Å². The largest absolute Gasteiger partial charge is 0.439 e. The van der Waals surface area contributed by atoms with Gasteiger partial charge in [-0.3, -0.25) is 4.98 Å². The van der Waals surface area contributed by atoms with Gasteiger partial charge in [-0.05, 0) is 24.3 Å². The molecule has 0 aliphatic rings. The van der Waals surface area contributed by atoms with Crippen LogP contribution in [0.5, 0.6) is 11.6 Å². The zero-order valence-corrected chi connectivity index (χ0v) is 16.9. The summed E-state index contributed by atoms with van der Waals surface area (Å²) in [4.78, 5) is 4.45. The highest BCUT2D eigenvalue weighted by Crippen LogP contribution is 2.35. The predicted molar refractivity (Wildman–Crippen MR) is 117 cm³/mol. The molecular weight excluding hydrogens is 390 g/mol. The second-order valence-corrected chi connectivity index (χ2v) is 7.01. The summed E-state index contributed by atoms with van der Waals surface area (Å²) in [5.41, 5.74) is 9.76. The molecule has 2 heterocycles. The lowest BCUT2D eigenvalue weighted by molar-refractivity contribution is 0.186. The van der Waals surface area contributed by atoms with E-state index in [2.05, 4.69) is 16.2 Å². The monoisotopic (exact) mass is 411 g/mol. The molecule has 7 heteroatoms. The molecular formula is C24H21N5O2. The minimum Gasteiger partial charge on any atom is -0.439 e. The van der Waals surface area contributed by atoms with Gasteiger partial charge in [0.25, 0.3) is 0 Å². The van der Waals surface area contributed by atoms with Crippen LogP contribution in [0.2, 0.25) is 0 Å². The number of aromatic nitrogens is 3. The number of aliphatic hydroxyl groups excluding tert-OH is 1. The fraction of sp³-hybridized carbons (Fsp3) is 0.125. The highest BCUT2D eigenvalue weighted by molar-refractivity contribution is 5.69. The summed E-state index contributed by atoms with van der Waals surface area (Å²) >= 11 is 0. The second kappa shape index (κ2) is 8.79. The molecule has 154 valence electrons. The predicted octanol–water partition coefficient (Wildman–Crippen LogP) is 3.81. The van der Waals surface area contributed by atoms with Crippen molar-refractivity contribution in [1.29, 1.82) is 5.26 Å². The maximum atomic E-state index is 9.90. The van der Waals surface area contributed by atoms with Gasteiger partial charge in [-0.1, -0.05) is 36.4 Å². The number of rotatable bonds is 6. The van der Waals surface area contributed by atoms with Crippen molar-refractivity contribution in [1.82, 2.24) is 14.8 Å². The Labute approximate surface area is 180 Å². The average Bonchev–Trinajstić information content (AvgIpc) is 3.19. The number of nitrogens with zero attached hydrogens (tertiary/aromatic N) is 4. The SMILES string of the molecule is Cn1nc(-c2ccccc2)cc1Oc1cc(C#N)ccc1-c1ccc([C@@H](O)CN)cn1. The van der Waals surface area contributed by atoms with Gasteiger partial charge in [-0.15, -0.1) is 0 Å². The van der Waals surface area contributed by atoms with E-state index in [1.54, 1.807) is 48.3 Å². The third-order valence-corrected chi connectivity index (χ3v) is 4.90. The van der Waals surface area contributed by atoms with Crippen LogP contribution in [0.3, 0.4) is 0 Å². The molecule has 2 aromatic heterocycles. The number of ether oxygens (including phenoxy) is 1. The van der Waals surface area contributed by atoms with Crippen molar-refractivity contribution in [3.63, 3.8) is 0 Å². The van der Waals surface area contributed by atoms with Crippen LogP contribution >= 0.6 is 0 Å². The lowest BCUT2D eigenvalue weighted by Crippen LogP contribution is -2.11. The highest BCUT2D eigenvalue weighted by atomic mass is 16.5. The summed E-state index contributed by atoms with van der Waals surface area (Å²) in [5.74, 6) is 1.02. The van der Waals surface area contributed by atoms with Crippen LogP contribution in [0.4, 0.5) is 0 Å². The summed E-state index contributed by atoms with van der Waals surface area (Å²) in [6.07, 6.45) is 0.830. The Kier molecular flexibility index (Phi) is 5.76. The number of nitriles is 1. The molecule has 4 aromatic rings. The molecule has 0 saturated heterocycles. The summed E-state index contributed by atoms with van der Waals surface area (Å²) in [6, 6.07) is 22.6. The molecule has 0 saturated carbocycles. The van der Waals surface area contributed by atoms with Gasteiger partial charge in [-0.2, -0.15) is 10.4 Å². The number of benzene rings is 2. The fourth-order valence-corrected chi connectivity index (χ4v) is 3.19. The number of aryl methyl sites for hydroxylation is 1. The maximum absolute atomic E-state index is 9.90. The van der Waals surface area contributed by atoms with Crippen LogP contribution in [0.15, 0.2) is 72.9 Å². The first-order chi connectivity index (χ1) is 15.1. The first-order valence-electron chi connectivity index (χ1n) is 9.75. The molecule has 4 rings (SSSR count). The van der Waals surface area contributed by atoms with E-state index in [0.717, 1.165) is 16.8 Å². The van der Waals surface area contributed by atoms with Crippen molar-refractivity contribution in [3.05, 3.63) is 84.1 Å². The van der Waals surface area contributed by atoms with Gasteiger partial charge < -0.3 is 15.6 Å². The van der Waals surface area contributed by atoms with E-state index < -0.39 is 6.10 Å². The van der Waals surface area contributed by atoms with Crippen LogP contribution in [0.25, 0.3) is 22.5 Å². The Balaban J connectivity index is 1.70. The Bertz CT molecular complexity index is 1230. The Hall–Kier alpha value is -3.99. The van der Waals surface area contributed by atoms with E-state index in [-0.39, 0.29) is 6.54 Å². The third-order valence-electron chi connectivity index (χ3n) is 4.90. The molecule has 0 unspecified atom stereocenters. The minimum atomic E-state index is -0.760. The Morgan fingerprint density at radius 1 is 1.10 bits per heavy atom. The fourth-order valence-electron chi connectivity index (χ4n) is 3.19. The smallest absolute Gasteiger partial charge is 0.218 e. The summed E-state index contributed by atoms with van der Waals surface area (Å²) in [7, 11) is 1.80. The molecule has 0 aliphatic heterocycles. The van der Waals surface area contributed by atoms with Crippen molar-refractivity contribution in [3.8, 4) is 40.2 Å². The molecule has 0 bridgehead atoms. The van der Waals surface area contributed by atoms with Gasteiger partial charge in [0.1, 0.15) is 5.75 Å². The number of pyridine rings is 1. The standard InChI is InChI=1S/C24H21N5O2/c1-29-24(12-21(28-29)17-5-3-2-4-6-17)31-23-11-16(13-25)7-9-19(23)20-10-8-18(15-27-20)22(30)14-26/h2-12,15,22,30H,14,26H2,1H3/t22-/m0/s1. The van der Waals surface area contributed by atoms with E-state index in [9.17, 15) is 10.4 Å². The van der Waals surface area contributed by atoms with E-state index in [0.29, 0.717) is 28.5 Å². The Morgan fingerprint density at radius 3 is 2.58 bits per heavy atom. The van der Waals surface area contributed by atoms with Gasteiger partial charge in [0.15, 0.2) is 0 Å². The third kappa shape index (κ3) is 4.31. The summed E-state index contributed by atoms with van der Waals surface area (Å²) in [5, 5.41) is 23.8. The number of hydrogen-bond acceptors (Lipinski definition) is 6. The molecule has 0 fully saturated rings. The van der Waals surface area contributed by atoms with Crippen LogP contribution in [-0.2, 0) is 7.05 Å². The molecule has 0 amide bonds. The average molecular weight is 411 g/mol. The van der Waals surface area contributed by atoms with Crippen LogP contribution < -0.4 is 10.5 Å². The lowest BCUT2D eigenvalue weighted by atomic mass is 10.1. The number of nitrogens with two attached hydrogens (primary N) is 1. The van der Waals surface area contributed by atoms with Crippen LogP contribution in [0.1, 0.15) is 17.2 Å². The van der Waals surface area contributed by atoms with Crippen LogP contribution in [-0.4, -0.2) is 26.4 Å². The van der Waals surface area contributed by atoms with E-state index in [4.69, 9.17) is 10.5 Å². The molecule has 0 aliphatic carbocycles. The van der Waals surface area contributed by atoms with Crippen molar-refractivity contribution in [2.75, 3.05) is 6.54 Å². The first-order valence-corrected chi connectivity index (χ1v) is 9.75. The lowest BCUT2D eigenvalue weighted by Gasteiger charge is -2.12.